The summed E-state index contributed by atoms with van der Waals surface area (Å²) >= 11 is 0. The number of nitrogens with zero attached hydrogens (tertiary/aromatic N) is 1. The first-order valence-electron chi connectivity index (χ1n) is 6.76. The molecule has 0 aromatic heterocycles. The molecule has 0 aromatic rings. The molecule has 0 aromatic carbocycles. The number of hydrogen-bond donors (Lipinski definition) is 2. The Kier molecular flexibility index (Phi) is 4.41. The Labute approximate surface area is 120 Å². The average Bonchev–Trinajstić information content (AvgIpc) is 2.38. The van der Waals surface area contributed by atoms with Crippen LogP contribution < -0.4 is 5.73 Å². The summed E-state index contributed by atoms with van der Waals surface area (Å²) in [6, 6.07) is 0. The summed E-state index contributed by atoms with van der Waals surface area (Å²) in [7, 11) is -6.55. The average molecular weight is 323 g/mol. The maximum atomic E-state index is 12.5. The molecule has 2 rings (SSSR count). The lowest BCUT2D eigenvalue weighted by atomic mass is 9.99. The predicted molar refractivity (Wildman–Crippen MR) is 76.8 cm³/mol. The van der Waals surface area contributed by atoms with Crippen molar-refractivity contribution in [2.24, 2.45) is 11.7 Å². The molecule has 0 radical (unpaired) electrons. The van der Waals surface area contributed by atoms with E-state index in [0.29, 0.717) is 13.0 Å². The van der Waals surface area contributed by atoms with Crippen molar-refractivity contribution in [2.45, 2.75) is 30.9 Å². The van der Waals surface area contributed by atoms with Crippen molar-refractivity contribution in [1.82, 2.24) is 4.31 Å². The minimum Gasteiger partial charge on any atom is -0.387 e. The molecule has 1 atom stereocenters. The number of nitrogens with two attached hydrogens (primary N) is 1. The van der Waals surface area contributed by atoms with Crippen LogP contribution in [0.2, 0.25) is 0 Å². The maximum Gasteiger partial charge on any atom is 0.217 e. The fourth-order valence-electron chi connectivity index (χ4n) is 2.80. The van der Waals surface area contributed by atoms with E-state index < -0.39 is 25.1 Å². The summed E-state index contributed by atoms with van der Waals surface area (Å²) in [5.41, 5.74) is 5.47. The molecule has 0 bridgehead atoms. The second-order valence-corrected chi connectivity index (χ2v) is 10.1. The van der Waals surface area contributed by atoms with Gasteiger partial charge in [0.25, 0.3) is 0 Å². The van der Waals surface area contributed by atoms with E-state index in [9.17, 15) is 16.8 Å². The van der Waals surface area contributed by atoms with Gasteiger partial charge in [0.1, 0.15) is 9.84 Å². The molecular formula is C11H21N3O4S2. The van der Waals surface area contributed by atoms with Crippen LogP contribution in [0.5, 0.6) is 0 Å². The molecule has 20 heavy (non-hydrogen) atoms. The molecule has 0 saturated carbocycles. The van der Waals surface area contributed by atoms with Gasteiger partial charge in [0.15, 0.2) is 0 Å². The summed E-state index contributed by atoms with van der Waals surface area (Å²) in [6.45, 7) is 0.691. The molecule has 2 aliphatic heterocycles. The minimum absolute atomic E-state index is 0.0242. The quantitative estimate of drug-likeness (QED) is 0.538. The minimum atomic E-state index is -3.49. The summed E-state index contributed by atoms with van der Waals surface area (Å²) in [5, 5.41) is 6.84. The number of sulfonamides is 1. The first kappa shape index (κ1) is 15.7. The van der Waals surface area contributed by atoms with Gasteiger partial charge in [-0.3, -0.25) is 5.41 Å². The van der Waals surface area contributed by atoms with E-state index in [1.807, 2.05) is 0 Å². The molecular weight excluding hydrogens is 302 g/mol. The Balaban J connectivity index is 2.08. The van der Waals surface area contributed by atoms with E-state index in [-0.39, 0.29) is 42.6 Å². The van der Waals surface area contributed by atoms with Crippen LogP contribution in [0.3, 0.4) is 0 Å². The van der Waals surface area contributed by atoms with Crippen molar-refractivity contribution in [3.63, 3.8) is 0 Å². The first-order valence-corrected chi connectivity index (χ1v) is 10.1. The monoisotopic (exact) mass is 323 g/mol. The SMILES string of the molecule is N=C(N)C1CCCN(S(=O)(=O)C2CCS(=O)(=O)CC2)C1. The van der Waals surface area contributed by atoms with Crippen LogP contribution in [0.25, 0.3) is 0 Å². The van der Waals surface area contributed by atoms with Gasteiger partial charge >= 0.3 is 0 Å². The summed E-state index contributed by atoms with van der Waals surface area (Å²) in [4.78, 5) is 0. The Bertz CT molecular complexity index is 571. The lowest BCUT2D eigenvalue weighted by Crippen LogP contribution is -2.48. The highest BCUT2D eigenvalue weighted by molar-refractivity contribution is 7.92. The molecule has 9 heteroatoms. The molecule has 116 valence electrons. The molecule has 0 amide bonds. The summed E-state index contributed by atoms with van der Waals surface area (Å²) in [5.74, 6) is -0.302. The third-order valence-electron chi connectivity index (χ3n) is 4.11. The van der Waals surface area contributed by atoms with Gasteiger partial charge in [0.05, 0.1) is 22.6 Å². The molecule has 7 nitrogen and oxygen atoms in total. The number of piperidine rings is 1. The third kappa shape index (κ3) is 3.32. The highest BCUT2D eigenvalue weighted by atomic mass is 32.2. The number of sulfone groups is 1. The van der Waals surface area contributed by atoms with Crippen molar-refractivity contribution in [2.75, 3.05) is 24.6 Å². The van der Waals surface area contributed by atoms with Crippen molar-refractivity contribution >= 4 is 25.7 Å². The van der Waals surface area contributed by atoms with Gasteiger partial charge in [-0.05, 0) is 25.7 Å². The van der Waals surface area contributed by atoms with E-state index >= 15 is 0 Å². The van der Waals surface area contributed by atoms with Crippen molar-refractivity contribution in [3.8, 4) is 0 Å². The normalized spacial score (nSPS) is 29.1. The number of rotatable bonds is 3. The fraction of sp³-hybridized carbons (Fsp3) is 0.909. The molecule has 2 heterocycles. The van der Waals surface area contributed by atoms with Gasteiger partial charge in [0.2, 0.25) is 10.0 Å². The van der Waals surface area contributed by atoms with E-state index in [0.717, 1.165) is 6.42 Å². The number of amidine groups is 1. The summed E-state index contributed by atoms with van der Waals surface area (Å²) in [6.07, 6.45) is 1.77. The van der Waals surface area contributed by atoms with Crippen molar-refractivity contribution < 1.29 is 16.8 Å². The highest BCUT2D eigenvalue weighted by Gasteiger charge is 2.38. The van der Waals surface area contributed by atoms with Crippen LogP contribution in [0.15, 0.2) is 0 Å². The van der Waals surface area contributed by atoms with Crippen molar-refractivity contribution in [3.05, 3.63) is 0 Å². The Morgan fingerprint density at radius 3 is 2.35 bits per heavy atom. The molecule has 2 aliphatic rings. The smallest absolute Gasteiger partial charge is 0.217 e. The van der Waals surface area contributed by atoms with Crippen LogP contribution in [-0.4, -0.2) is 56.8 Å². The van der Waals surface area contributed by atoms with E-state index in [2.05, 4.69) is 0 Å². The second kappa shape index (κ2) is 5.61. The second-order valence-electron chi connectivity index (χ2n) is 5.55. The Morgan fingerprint density at radius 2 is 1.80 bits per heavy atom. The topological polar surface area (TPSA) is 121 Å². The number of hydrogen-bond acceptors (Lipinski definition) is 5. The van der Waals surface area contributed by atoms with E-state index in [1.54, 1.807) is 0 Å². The first-order chi connectivity index (χ1) is 9.22. The zero-order valence-corrected chi connectivity index (χ0v) is 12.9. The molecule has 3 N–H and O–H groups in total. The van der Waals surface area contributed by atoms with Gasteiger partial charge in [0, 0.05) is 19.0 Å². The van der Waals surface area contributed by atoms with Crippen LogP contribution in [0.1, 0.15) is 25.7 Å². The fourth-order valence-corrected chi connectivity index (χ4v) is 6.62. The van der Waals surface area contributed by atoms with Gasteiger partial charge in [-0.25, -0.2) is 21.1 Å². The maximum absolute atomic E-state index is 12.5. The van der Waals surface area contributed by atoms with E-state index in [1.165, 1.54) is 4.31 Å². The molecule has 0 spiro atoms. The van der Waals surface area contributed by atoms with Gasteiger partial charge in [-0.2, -0.15) is 0 Å². The molecule has 0 aliphatic carbocycles. The predicted octanol–water partition coefficient (Wildman–Crippen LogP) is -0.459. The van der Waals surface area contributed by atoms with Gasteiger partial charge < -0.3 is 5.73 Å². The van der Waals surface area contributed by atoms with Crippen LogP contribution >= 0.6 is 0 Å². The summed E-state index contributed by atoms with van der Waals surface area (Å²) < 4.78 is 49.2. The Hall–Kier alpha value is -0.670. The zero-order valence-electron chi connectivity index (χ0n) is 11.3. The van der Waals surface area contributed by atoms with Gasteiger partial charge in [-0.15, -0.1) is 0 Å². The zero-order chi connectivity index (χ0) is 15.0. The van der Waals surface area contributed by atoms with Crippen LogP contribution in [-0.2, 0) is 19.9 Å². The van der Waals surface area contributed by atoms with Crippen LogP contribution in [0.4, 0.5) is 0 Å². The molecule has 2 saturated heterocycles. The Morgan fingerprint density at radius 1 is 1.20 bits per heavy atom. The molecule has 1 unspecified atom stereocenters. The van der Waals surface area contributed by atoms with E-state index in [4.69, 9.17) is 11.1 Å². The third-order valence-corrected chi connectivity index (χ3v) is 8.19. The van der Waals surface area contributed by atoms with Crippen LogP contribution in [0, 0.1) is 11.3 Å². The lowest BCUT2D eigenvalue weighted by molar-refractivity contribution is 0.306. The van der Waals surface area contributed by atoms with Crippen molar-refractivity contribution in [1.29, 1.82) is 5.41 Å². The molecule has 2 fully saturated rings. The largest absolute Gasteiger partial charge is 0.387 e. The van der Waals surface area contributed by atoms with Gasteiger partial charge in [-0.1, -0.05) is 0 Å². The number of nitrogens with one attached hydrogen (secondary N) is 1. The standard InChI is InChI=1S/C11H21N3O4S2/c12-11(13)9-2-1-5-14(8-9)20(17,18)10-3-6-19(15,16)7-4-10/h9-10H,1-8H2,(H3,12,13). The lowest BCUT2D eigenvalue weighted by Gasteiger charge is -2.35. The highest BCUT2D eigenvalue weighted by Crippen LogP contribution is 2.26.